The maximum Gasteiger partial charge on any atom is 0.242 e. The Labute approximate surface area is 157 Å². The van der Waals surface area contributed by atoms with Gasteiger partial charge in [0.05, 0.1) is 25.4 Å². The van der Waals surface area contributed by atoms with Crippen LogP contribution in [0.4, 0.5) is 11.4 Å². The molecule has 1 fully saturated rings. The number of ether oxygens (including phenoxy) is 1. The summed E-state index contributed by atoms with van der Waals surface area (Å²) in [5.41, 5.74) is 1.34. The molecular formula is C19H23N3O3S. The summed E-state index contributed by atoms with van der Waals surface area (Å²) in [5.74, 6) is 0.545. The van der Waals surface area contributed by atoms with Crippen LogP contribution in [0.3, 0.4) is 0 Å². The van der Waals surface area contributed by atoms with Gasteiger partial charge in [-0.15, -0.1) is 11.3 Å². The average molecular weight is 373 g/mol. The van der Waals surface area contributed by atoms with E-state index in [0.29, 0.717) is 17.1 Å². The molecule has 26 heavy (non-hydrogen) atoms. The molecule has 1 aliphatic heterocycles. The van der Waals surface area contributed by atoms with Crippen molar-refractivity contribution in [1.82, 2.24) is 4.90 Å². The highest BCUT2D eigenvalue weighted by atomic mass is 32.1. The summed E-state index contributed by atoms with van der Waals surface area (Å²) in [5, 5.41) is 7.94. The number of methoxy groups -OCH3 is 1. The standard InChI is InChI=1S/C19H23N3O3S/c1-13(23)21-14-7-8-17(25-2)15(11-14)20-12-19(24)22-9-3-5-16(22)18-6-4-10-26-18/h4,6-8,10-11,16,20H,3,5,9,12H2,1-2H3,(H,21,23). The Bertz CT molecular complexity index is 776. The number of nitrogens with one attached hydrogen (secondary N) is 2. The zero-order valence-electron chi connectivity index (χ0n) is 15.0. The van der Waals surface area contributed by atoms with Crippen LogP contribution in [0.25, 0.3) is 0 Å². The molecule has 0 spiro atoms. The van der Waals surface area contributed by atoms with E-state index in [1.807, 2.05) is 16.3 Å². The number of amides is 2. The van der Waals surface area contributed by atoms with Gasteiger partial charge in [0.1, 0.15) is 5.75 Å². The first-order valence-corrected chi connectivity index (χ1v) is 9.49. The molecule has 0 bridgehead atoms. The topological polar surface area (TPSA) is 70.7 Å². The molecule has 1 aromatic heterocycles. The zero-order valence-corrected chi connectivity index (χ0v) is 15.8. The summed E-state index contributed by atoms with van der Waals surface area (Å²) in [6, 6.07) is 9.60. The summed E-state index contributed by atoms with van der Waals surface area (Å²) < 4.78 is 5.34. The molecule has 1 aromatic carbocycles. The summed E-state index contributed by atoms with van der Waals surface area (Å²) >= 11 is 1.70. The Morgan fingerprint density at radius 2 is 2.19 bits per heavy atom. The molecule has 1 aliphatic rings. The van der Waals surface area contributed by atoms with Crippen molar-refractivity contribution < 1.29 is 14.3 Å². The fourth-order valence-corrected chi connectivity index (χ4v) is 4.12. The summed E-state index contributed by atoms with van der Waals surface area (Å²) in [6.07, 6.45) is 2.03. The Kier molecular flexibility index (Phi) is 5.78. The second-order valence-electron chi connectivity index (χ2n) is 6.21. The van der Waals surface area contributed by atoms with Gasteiger partial charge in [-0.05, 0) is 42.5 Å². The Morgan fingerprint density at radius 1 is 1.35 bits per heavy atom. The number of benzene rings is 1. The molecule has 0 radical (unpaired) electrons. The smallest absolute Gasteiger partial charge is 0.242 e. The summed E-state index contributed by atoms with van der Waals surface area (Å²) in [4.78, 5) is 27.2. The molecule has 0 saturated carbocycles. The van der Waals surface area contributed by atoms with Crippen molar-refractivity contribution in [2.24, 2.45) is 0 Å². The molecule has 138 valence electrons. The van der Waals surface area contributed by atoms with Gasteiger partial charge in [-0.1, -0.05) is 6.07 Å². The van der Waals surface area contributed by atoms with Gasteiger partial charge in [-0.3, -0.25) is 9.59 Å². The molecule has 7 heteroatoms. The third-order valence-corrected chi connectivity index (χ3v) is 5.37. The van der Waals surface area contributed by atoms with E-state index in [0.717, 1.165) is 19.4 Å². The van der Waals surface area contributed by atoms with Crippen LogP contribution in [-0.4, -0.2) is 36.9 Å². The molecule has 2 heterocycles. The Balaban J connectivity index is 1.68. The van der Waals surface area contributed by atoms with E-state index in [4.69, 9.17) is 4.74 Å². The molecule has 2 amide bonds. The number of rotatable bonds is 6. The first-order chi connectivity index (χ1) is 12.6. The number of hydrogen-bond acceptors (Lipinski definition) is 5. The lowest BCUT2D eigenvalue weighted by Gasteiger charge is -2.24. The van der Waals surface area contributed by atoms with Crippen LogP contribution in [0.2, 0.25) is 0 Å². The zero-order chi connectivity index (χ0) is 18.5. The van der Waals surface area contributed by atoms with Crippen molar-refractivity contribution in [3.63, 3.8) is 0 Å². The number of thiophene rings is 1. The minimum Gasteiger partial charge on any atom is -0.495 e. The van der Waals surface area contributed by atoms with Gasteiger partial charge in [0.25, 0.3) is 0 Å². The maximum atomic E-state index is 12.7. The maximum absolute atomic E-state index is 12.7. The van der Waals surface area contributed by atoms with E-state index in [2.05, 4.69) is 16.7 Å². The van der Waals surface area contributed by atoms with Crippen molar-refractivity contribution in [2.45, 2.75) is 25.8 Å². The second kappa shape index (κ2) is 8.23. The number of carbonyl (C=O) groups is 2. The third-order valence-electron chi connectivity index (χ3n) is 4.39. The first kappa shape index (κ1) is 18.3. The predicted molar refractivity (Wildman–Crippen MR) is 104 cm³/mol. The lowest BCUT2D eigenvalue weighted by atomic mass is 10.2. The minimum absolute atomic E-state index is 0.0629. The van der Waals surface area contributed by atoms with Gasteiger partial charge >= 0.3 is 0 Å². The highest BCUT2D eigenvalue weighted by molar-refractivity contribution is 7.10. The lowest BCUT2D eigenvalue weighted by Crippen LogP contribution is -2.34. The third kappa shape index (κ3) is 4.16. The van der Waals surface area contributed by atoms with Gasteiger partial charge in [-0.2, -0.15) is 0 Å². The average Bonchev–Trinajstić information content (AvgIpc) is 3.30. The van der Waals surface area contributed by atoms with Crippen LogP contribution in [0.1, 0.15) is 30.7 Å². The molecule has 1 atom stereocenters. The van der Waals surface area contributed by atoms with E-state index in [9.17, 15) is 9.59 Å². The first-order valence-electron chi connectivity index (χ1n) is 8.61. The van der Waals surface area contributed by atoms with E-state index in [1.165, 1.54) is 11.8 Å². The number of nitrogens with zero attached hydrogens (tertiary/aromatic N) is 1. The van der Waals surface area contributed by atoms with Crippen molar-refractivity contribution in [3.05, 3.63) is 40.6 Å². The van der Waals surface area contributed by atoms with Crippen molar-refractivity contribution in [3.8, 4) is 5.75 Å². The van der Waals surface area contributed by atoms with Gasteiger partial charge < -0.3 is 20.3 Å². The van der Waals surface area contributed by atoms with E-state index in [1.54, 1.807) is 36.6 Å². The van der Waals surface area contributed by atoms with Crippen LogP contribution in [-0.2, 0) is 9.59 Å². The van der Waals surface area contributed by atoms with Crippen LogP contribution in [0, 0.1) is 0 Å². The Morgan fingerprint density at radius 3 is 2.88 bits per heavy atom. The predicted octanol–water partition coefficient (Wildman–Crippen LogP) is 3.49. The summed E-state index contributed by atoms with van der Waals surface area (Å²) in [6.45, 7) is 2.42. The fraction of sp³-hybridized carbons (Fsp3) is 0.368. The number of anilines is 2. The van der Waals surface area contributed by atoms with Gasteiger partial charge in [-0.25, -0.2) is 0 Å². The van der Waals surface area contributed by atoms with Gasteiger partial charge in [0.15, 0.2) is 0 Å². The van der Waals surface area contributed by atoms with Crippen LogP contribution >= 0.6 is 11.3 Å². The van der Waals surface area contributed by atoms with Crippen molar-refractivity contribution >= 4 is 34.5 Å². The summed E-state index contributed by atoms with van der Waals surface area (Å²) in [7, 11) is 1.58. The van der Waals surface area contributed by atoms with E-state index < -0.39 is 0 Å². The van der Waals surface area contributed by atoms with Crippen LogP contribution < -0.4 is 15.4 Å². The SMILES string of the molecule is COc1ccc(NC(C)=O)cc1NCC(=O)N1CCCC1c1cccs1. The monoisotopic (exact) mass is 373 g/mol. The molecule has 6 nitrogen and oxygen atoms in total. The fourth-order valence-electron chi connectivity index (χ4n) is 3.24. The normalized spacial score (nSPS) is 16.4. The van der Waals surface area contributed by atoms with Gasteiger partial charge in [0, 0.05) is 24.0 Å². The molecule has 1 saturated heterocycles. The minimum atomic E-state index is -0.145. The van der Waals surface area contributed by atoms with Gasteiger partial charge in [0.2, 0.25) is 11.8 Å². The Hall–Kier alpha value is -2.54. The largest absolute Gasteiger partial charge is 0.495 e. The lowest BCUT2D eigenvalue weighted by molar-refractivity contribution is -0.130. The van der Waals surface area contributed by atoms with Crippen LogP contribution in [0.5, 0.6) is 5.75 Å². The second-order valence-corrected chi connectivity index (χ2v) is 7.19. The number of hydrogen-bond donors (Lipinski definition) is 2. The van der Waals surface area contributed by atoms with E-state index in [-0.39, 0.29) is 24.4 Å². The quantitative estimate of drug-likeness (QED) is 0.813. The highest BCUT2D eigenvalue weighted by Crippen LogP contribution is 2.34. The van der Waals surface area contributed by atoms with Crippen molar-refractivity contribution in [2.75, 3.05) is 30.8 Å². The highest BCUT2D eigenvalue weighted by Gasteiger charge is 2.30. The molecule has 0 aliphatic carbocycles. The molecule has 3 rings (SSSR count). The molecular weight excluding hydrogens is 350 g/mol. The molecule has 2 aromatic rings. The molecule has 2 N–H and O–H groups in total. The number of carbonyl (C=O) groups excluding carboxylic acids is 2. The van der Waals surface area contributed by atoms with Crippen molar-refractivity contribution in [1.29, 1.82) is 0 Å². The number of likely N-dealkylation sites (tertiary alicyclic amines) is 1. The van der Waals surface area contributed by atoms with E-state index >= 15 is 0 Å². The molecule has 1 unspecified atom stereocenters. The van der Waals surface area contributed by atoms with Crippen LogP contribution in [0.15, 0.2) is 35.7 Å².